The molecule has 0 unspecified atom stereocenters. The highest BCUT2D eigenvalue weighted by molar-refractivity contribution is 5.30. The summed E-state index contributed by atoms with van der Waals surface area (Å²) in [6.45, 7) is 4.78. The molecule has 1 aliphatic rings. The van der Waals surface area contributed by atoms with E-state index >= 15 is 0 Å². The summed E-state index contributed by atoms with van der Waals surface area (Å²) in [5.41, 5.74) is 1.02. The Bertz CT molecular complexity index is 356. The van der Waals surface area contributed by atoms with Crippen LogP contribution in [0.4, 0.5) is 4.39 Å². The van der Waals surface area contributed by atoms with E-state index in [1.54, 1.807) is 12.1 Å². The van der Waals surface area contributed by atoms with Crippen LogP contribution in [0.15, 0.2) is 18.2 Å². The lowest BCUT2D eigenvalue weighted by molar-refractivity contribution is 0.175. The molecule has 1 saturated carbocycles. The third kappa shape index (κ3) is 2.55. The predicted octanol–water partition coefficient (Wildman–Crippen LogP) is 4.13. The van der Waals surface area contributed by atoms with Crippen molar-refractivity contribution >= 4 is 0 Å². The van der Waals surface area contributed by atoms with Crippen LogP contribution in [-0.2, 0) is 0 Å². The molecule has 1 aromatic carbocycles. The van der Waals surface area contributed by atoms with E-state index < -0.39 is 0 Å². The Hall–Kier alpha value is -1.05. The standard InChI is InChI=1S/C14H19FO/c1-10(2)12-6-7-14(13(15)8-12)16-9-11-4-3-5-11/h6-8,10-11H,3-5,9H2,1-2H3. The third-order valence-electron chi connectivity index (χ3n) is 3.32. The summed E-state index contributed by atoms with van der Waals surface area (Å²) in [6, 6.07) is 5.29. The van der Waals surface area contributed by atoms with Crippen LogP contribution in [0.1, 0.15) is 44.6 Å². The Morgan fingerprint density at radius 2 is 2.12 bits per heavy atom. The average Bonchev–Trinajstić information content (AvgIpc) is 2.17. The van der Waals surface area contributed by atoms with Crippen LogP contribution in [0.5, 0.6) is 5.75 Å². The Morgan fingerprint density at radius 1 is 1.38 bits per heavy atom. The van der Waals surface area contributed by atoms with Crippen molar-refractivity contribution in [2.75, 3.05) is 6.61 Å². The fourth-order valence-electron chi connectivity index (χ4n) is 1.86. The second-order valence-electron chi connectivity index (χ2n) is 4.95. The van der Waals surface area contributed by atoms with Crippen molar-refractivity contribution in [3.05, 3.63) is 29.6 Å². The van der Waals surface area contributed by atoms with Crippen LogP contribution >= 0.6 is 0 Å². The van der Waals surface area contributed by atoms with E-state index in [4.69, 9.17) is 4.74 Å². The van der Waals surface area contributed by atoms with Gasteiger partial charge in [0, 0.05) is 0 Å². The van der Waals surface area contributed by atoms with Gasteiger partial charge in [-0.05, 0) is 42.4 Å². The van der Waals surface area contributed by atoms with Crippen molar-refractivity contribution in [2.24, 2.45) is 5.92 Å². The van der Waals surface area contributed by atoms with Crippen molar-refractivity contribution in [1.82, 2.24) is 0 Å². The van der Waals surface area contributed by atoms with Crippen molar-refractivity contribution in [3.63, 3.8) is 0 Å². The highest BCUT2D eigenvalue weighted by Gasteiger charge is 2.18. The molecule has 0 heterocycles. The van der Waals surface area contributed by atoms with Gasteiger partial charge in [0.25, 0.3) is 0 Å². The van der Waals surface area contributed by atoms with Gasteiger partial charge in [0.15, 0.2) is 11.6 Å². The Morgan fingerprint density at radius 3 is 2.62 bits per heavy atom. The molecule has 16 heavy (non-hydrogen) atoms. The monoisotopic (exact) mass is 222 g/mol. The van der Waals surface area contributed by atoms with E-state index in [1.165, 1.54) is 19.3 Å². The van der Waals surface area contributed by atoms with Crippen LogP contribution in [0.2, 0.25) is 0 Å². The van der Waals surface area contributed by atoms with E-state index in [9.17, 15) is 4.39 Å². The fourth-order valence-corrected chi connectivity index (χ4v) is 1.86. The van der Waals surface area contributed by atoms with E-state index in [0.717, 1.165) is 5.56 Å². The molecular formula is C14H19FO. The van der Waals surface area contributed by atoms with Gasteiger partial charge >= 0.3 is 0 Å². The van der Waals surface area contributed by atoms with E-state index in [2.05, 4.69) is 13.8 Å². The van der Waals surface area contributed by atoms with Crippen molar-refractivity contribution < 1.29 is 9.13 Å². The fraction of sp³-hybridized carbons (Fsp3) is 0.571. The molecule has 1 nitrogen and oxygen atoms in total. The summed E-state index contributed by atoms with van der Waals surface area (Å²) >= 11 is 0. The Balaban J connectivity index is 1.98. The second-order valence-corrected chi connectivity index (χ2v) is 4.95. The van der Waals surface area contributed by atoms with Crippen LogP contribution in [-0.4, -0.2) is 6.61 Å². The molecule has 0 spiro atoms. The summed E-state index contributed by atoms with van der Waals surface area (Å²) in [5, 5.41) is 0. The summed E-state index contributed by atoms with van der Waals surface area (Å²) in [6.07, 6.45) is 3.75. The number of hydrogen-bond acceptors (Lipinski definition) is 1. The molecule has 1 aromatic rings. The van der Waals surface area contributed by atoms with Gasteiger partial charge in [-0.15, -0.1) is 0 Å². The van der Waals surface area contributed by atoms with Crippen LogP contribution in [0, 0.1) is 11.7 Å². The van der Waals surface area contributed by atoms with Crippen LogP contribution in [0.25, 0.3) is 0 Å². The minimum Gasteiger partial charge on any atom is -0.490 e. The number of rotatable bonds is 4. The third-order valence-corrected chi connectivity index (χ3v) is 3.32. The zero-order valence-corrected chi connectivity index (χ0v) is 10.0. The summed E-state index contributed by atoms with van der Waals surface area (Å²) in [7, 11) is 0. The quantitative estimate of drug-likeness (QED) is 0.744. The zero-order valence-electron chi connectivity index (χ0n) is 10.0. The predicted molar refractivity (Wildman–Crippen MR) is 63.3 cm³/mol. The molecule has 0 saturated heterocycles. The summed E-state index contributed by atoms with van der Waals surface area (Å²) in [5.74, 6) is 1.17. The first kappa shape index (κ1) is 11.4. The first-order valence-corrected chi connectivity index (χ1v) is 6.09. The number of benzene rings is 1. The van der Waals surface area contributed by atoms with Crippen LogP contribution < -0.4 is 4.74 Å². The molecular weight excluding hydrogens is 203 g/mol. The molecule has 1 aliphatic carbocycles. The van der Waals surface area contributed by atoms with E-state index in [-0.39, 0.29) is 5.82 Å². The topological polar surface area (TPSA) is 9.23 Å². The van der Waals surface area contributed by atoms with Gasteiger partial charge in [-0.3, -0.25) is 0 Å². The SMILES string of the molecule is CC(C)c1ccc(OCC2CCC2)c(F)c1. The smallest absolute Gasteiger partial charge is 0.165 e. The Kier molecular flexibility index (Phi) is 3.47. The number of halogens is 1. The first-order valence-electron chi connectivity index (χ1n) is 6.09. The lowest BCUT2D eigenvalue weighted by Gasteiger charge is -2.25. The molecule has 0 bridgehead atoms. The number of hydrogen-bond donors (Lipinski definition) is 0. The summed E-state index contributed by atoms with van der Waals surface area (Å²) < 4.78 is 19.2. The van der Waals surface area contributed by atoms with Gasteiger partial charge in [0.1, 0.15) is 0 Å². The van der Waals surface area contributed by atoms with Crippen molar-refractivity contribution in [1.29, 1.82) is 0 Å². The largest absolute Gasteiger partial charge is 0.490 e. The zero-order chi connectivity index (χ0) is 11.5. The molecule has 88 valence electrons. The molecule has 2 rings (SSSR count). The maximum atomic E-state index is 13.7. The van der Waals surface area contributed by atoms with Gasteiger partial charge in [-0.1, -0.05) is 26.3 Å². The molecule has 0 N–H and O–H groups in total. The highest BCUT2D eigenvalue weighted by Crippen LogP contribution is 2.28. The van der Waals surface area contributed by atoms with Gasteiger partial charge in [-0.2, -0.15) is 0 Å². The first-order chi connectivity index (χ1) is 7.66. The molecule has 0 atom stereocenters. The molecule has 0 aliphatic heterocycles. The van der Waals surface area contributed by atoms with Crippen molar-refractivity contribution in [2.45, 2.75) is 39.0 Å². The molecule has 0 radical (unpaired) electrons. The molecule has 0 aromatic heterocycles. The second kappa shape index (κ2) is 4.86. The van der Waals surface area contributed by atoms with Gasteiger partial charge in [-0.25, -0.2) is 4.39 Å². The highest BCUT2D eigenvalue weighted by atomic mass is 19.1. The van der Waals surface area contributed by atoms with Gasteiger partial charge in [0.2, 0.25) is 0 Å². The van der Waals surface area contributed by atoms with E-state index in [0.29, 0.717) is 24.2 Å². The van der Waals surface area contributed by atoms with Crippen molar-refractivity contribution in [3.8, 4) is 5.75 Å². The lowest BCUT2D eigenvalue weighted by Crippen LogP contribution is -2.19. The minimum atomic E-state index is -0.231. The molecule has 0 amide bonds. The minimum absolute atomic E-state index is 0.231. The molecule has 1 fully saturated rings. The summed E-state index contributed by atoms with van der Waals surface area (Å²) in [4.78, 5) is 0. The Labute approximate surface area is 96.6 Å². The molecule has 2 heteroatoms. The maximum absolute atomic E-state index is 13.7. The van der Waals surface area contributed by atoms with E-state index in [1.807, 2.05) is 6.07 Å². The lowest BCUT2D eigenvalue weighted by atomic mass is 9.86. The number of ether oxygens (including phenoxy) is 1. The normalized spacial score (nSPS) is 16.2. The maximum Gasteiger partial charge on any atom is 0.165 e. The average molecular weight is 222 g/mol. The van der Waals surface area contributed by atoms with Crippen LogP contribution in [0.3, 0.4) is 0 Å². The van der Waals surface area contributed by atoms with Gasteiger partial charge in [0.05, 0.1) is 6.61 Å². The van der Waals surface area contributed by atoms with Gasteiger partial charge < -0.3 is 4.74 Å².